The summed E-state index contributed by atoms with van der Waals surface area (Å²) in [6.07, 6.45) is 3.74. The fourth-order valence-corrected chi connectivity index (χ4v) is 4.92. The molecule has 0 bridgehead atoms. The van der Waals surface area contributed by atoms with E-state index in [2.05, 4.69) is 30.9 Å². The van der Waals surface area contributed by atoms with Crippen molar-refractivity contribution >= 4 is 11.6 Å². The lowest BCUT2D eigenvalue weighted by molar-refractivity contribution is -0.615. The summed E-state index contributed by atoms with van der Waals surface area (Å²) in [5, 5.41) is 35.6. The van der Waals surface area contributed by atoms with Gasteiger partial charge in [0.2, 0.25) is 5.69 Å². The molecule has 1 atom stereocenters. The van der Waals surface area contributed by atoms with Gasteiger partial charge in [0.15, 0.2) is 12.0 Å². The molecule has 2 aromatic carbocycles. The summed E-state index contributed by atoms with van der Waals surface area (Å²) in [5.41, 5.74) is 1.12. The number of pyridine rings is 1. The summed E-state index contributed by atoms with van der Waals surface area (Å²) in [7, 11) is 0. The van der Waals surface area contributed by atoms with Crippen molar-refractivity contribution in [2.75, 3.05) is 0 Å². The Labute approximate surface area is 249 Å². The highest BCUT2D eigenvalue weighted by Gasteiger charge is 2.27. The number of hydrogen-bond acceptors (Lipinski definition) is 7. The highest BCUT2D eigenvalue weighted by atomic mass is 35.5. The maximum Gasteiger partial charge on any atom is 0.335 e. The Morgan fingerprint density at radius 2 is 1.70 bits per heavy atom. The van der Waals surface area contributed by atoms with Gasteiger partial charge in [0.1, 0.15) is 12.4 Å². The van der Waals surface area contributed by atoms with Gasteiger partial charge < -0.3 is 5.21 Å². The van der Waals surface area contributed by atoms with Crippen molar-refractivity contribution in [1.82, 2.24) is 45.0 Å². The minimum Gasteiger partial charge on any atom is -0.618 e. The van der Waals surface area contributed by atoms with Crippen molar-refractivity contribution in [3.8, 4) is 28.1 Å². The summed E-state index contributed by atoms with van der Waals surface area (Å²) < 4.78 is 72.1. The molecule has 0 radical (unpaired) electrons. The molecule has 11 nitrogen and oxygen atoms in total. The molecule has 44 heavy (non-hydrogen) atoms. The molecule has 0 aliphatic carbocycles. The van der Waals surface area contributed by atoms with E-state index in [0.29, 0.717) is 15.0 Å². The van der Waals surface area contributed by atoms with Gasteiger partial charge in [0.05, 0.1) is 39.9 Å². The van der Waals surface area contributed by atoms with E-state index in [4.69, 9.17) is 11.6 Å². The quantitative estimate of drug-likeness (QED) is 0.120. The van der Waals surface area contributed by atoms with Crippen molar-refractivity contribution in [3.05, 3.63) is 113 Å². The summed E-state index contributed by atoms with van der Waals surface area (Å²) in [5.74, 6) is -0.802. The molecular formula is C27H18ClF5N10O. The first-order valence-corrected chi connectivity index (χ1v) is 13.1. The summed E-state index contributed by atoms with van der Waals surface area (Å²) in [4.78, 5) is 0. The van der Waals surface area contributed by atoms with E-state index in [0.717, 1.165) is 12.4 Å². The van der Waals surface area contributed by atoms with Gasteiger partial charge in [-0.3, -0.25) is 4.68 Å². The largest absolute Gasteiger partial charge is 0.618 e. The zero-order valence-corrected chi connectivity index (χ0v) is 22.8. The number of alkyl halides is 4. The Morgan fingerprint density at radius 1 is 0.909 bits per heavy atom. The van der Waals surface area contributed by atoms with E-state index >= 15 is 4.39 Å². The molecule has 0 aliphatic rings. The van der Waals surface area contributed by atoms with Crippen LogP contribution in [0.5, 0.6) is 0 Å². The topological polar surface area (TPSA) is 119 Å². The van der Waals surface area contributed by atoms with Crippen molar-refractivity contribution < 1.29 is 26.7 Å². The van der Waals surface area contributed by atoms with Gasteiger partial charge in [-0.25, -0.2) is 13.2 Å². The second-order valence-electron chi connectivity index (χ2n) is 9.49. The third-order valence-corrected chi connectivity index (χ3v) is 7.17. The summed E-state index contributed by atoms with van der Waals surface area (Å²) in [6.45, 7) is -2.96. The lowest BCUT2D eigenvalue weighted by Gasteiger charge is -2.19. The van der Waals surface area contributed by atoms with Crippen LogP contribution in [0.1, 0.15) is 35.8 Å². The molecule has 0 fully saturated rings. The second-order valence-corrected chi connectivity index (χ2v) is 9.90. The smallest absolute Gasteiger partial charge is 0.335 e. The van der Waals surface area contributed by atoms with E-state index in [9.17, 15) is 22.8 Å². The van der Waals surface area contributed by atoms with Crippen LogP contribution in [-0.4, -0.2) is 45.0 Å². The second kappa shape index (κ2) is 11.8. The van der Waals surface area contributed by atoms with E-state index in [1.54, 1.807) is 0 Å². The average molecular weight is 629 g/mol. The number of rotatable bonds is 9. The monoisotopic (exact) mass is 628 g/mol. The van der Waals surface area contributed by atoms with Gasteiger partial charge in [0.25, 0.3) is 6.43 Å². The highest BCUT2D eigenvalue weighted by molar-refractivity contribution is 6.31. The molecule has 0 saturated heterocycles. The number of aromatic nitrogens is 10. The first-order chi connectivity index (χ1) is 21.2. The van der Waals surface area contributed by atoms with Crippen LogP contribution < -0.4 is 4.73 Å². The molecule has 0 aliphatic heterocycles. The molecule has 0 amide bonds. The van der Waals surface area contributed by atoms with Crippen molar-refractivity contribution in [1.29, 1.82) is 0 Å². The Hall–Kier alpha value is -5.25. The highest BCUT2D eigenvalue weighted by Crippen LogP contribution is 2.34. The van der Waals surface area contributed by atoms with Crippen LogP contribution in [0.2, 0.25) is 5.02 Å². The maximum absolute atomic E-state index is 15.3. The molecule has 17 heteroatoms. The Bertz CT molecular complexity index is 1910. The fourth-order valence-electron chi connectivity index (χ4n) is 4.77. The average Bonchev–Trinajstić information content (AvgIpc) is 3.80. The van der Waals surface area contributed by atoms with Crippen LogP contribution in [0, 0.1) is 11.0 Å². The Morgan fingerprint density at radius 3 is 2.39 bits per heavy atom. The first kappa shape index (κ1) is 28.9. The van der Waals surface area contributed by atoms with Crippen LogP contribution in [0.3, 0.4) is 0 Å². The summed E-state index contributed by atoms with van der Waals surface area (Å²) in [6, 6.07) is 10.5. The van der Waals surface area contributed by atoms with Gasteiger partial charge in [-0.15, -0.1) is 10.2 Å². The van der Waals surface area contributed by atoms with Crippen molar-refractivity contribution in [2.45, 2.75) is 25.4 Å². The fraction of sp³-hybridized carbons (Fsp3) is 0.148. The molecule has 6 rings (SSSR count). The number of hydrogen-bond donors (Lipinski definition) is 0. The molecule has 0 N–H and O–H groups in total. The number of benzene rings is 2. The minimum absolute atomic E-state index is 0.0109. The van der Waals surface area contributed by atoms with Gasteiger partial charge in [0, 0.05) is 29.8 Å². The number of tetrazole rings is 1. The van der Waals surface area contributed by atoms with Crippen molar-refractivity contribution in [2.24, 2.45) is 0 Å². The third-order valence-electron chi connectivity index (χ3n) is 6.88. The van der Waals surface area contributed by atoms with Crippen LogP contribution >= 0.6 is 11.6 Å². The van der Waals surface area contributed by atoms with E-state index in [1.165, 1.54) is 76.6 Å². The normalized spacial score (nSPS) is 12.4. The molecule has 4 aromatic heterocycles. The minimum atomic E-state index is -2.96. The van der Waals surface area contributed by atoms with Crippen LogP contribution in [0.25, 0.3) is 28.1 Å². The first-order valence-electron chi connectivity index (χ1n) is 12.8. The number of nitrogens with zero attached hydrogens (tertiary/aromatic N) is 10. The third kappa shape index (κ3) is 5.46. The Kier molecular flexibility index (Phi) is 7.73. The van der Waals surface area contributed by atoms with E-state index < -0.39 is 24.8 Å². The van der Waals surface area contributed by atoms with Crippen molar-refractivity contribution in [3.63, 3.8) is 0 Å². The van der Waals surface area contributed by atoms with Gasteiger partial charge in [-0.2, -0.15) is 28.0 Å². The maximum atomic E-state index is 15.3. The molecule has 0 saturated carbocycles. The Balaban J connectivity index is 1.43. The molecule has 6 aromatic rings. The van der Waals surface area contributed by atoms with Crippen LogP contribution in [0.15, 0.2) is 79.6 Å². The molecule has 4 heterocycles. The van der Waals surface area contributed by atoms with Crippen LogP contribution in [0.4, 0.5) is 22.0 Å². The molecule has 0 spiro atoms. The predicted octanol–water partition coefficient (Wildman–Crippen LogP) is 5.38. The van der Waals surface area contributed by atoms with Gasteiger partial charge >= 0.3 is 6.55 Å². The van der Waals surface area contributed by atoms with E-state index in [1.807, 2.05) is 0 Å². The van der Waals surface area contributed by atoms with E-state index in [-0.39, 0.29) is 50.8 Å². The zero-order valence-electron chi connectivity index (χ0n) is 22.1. The standard InChI is InChI=1S/C27H18ClF5N10O/c28-19-6-8-21(41-14-35-37-39-41)24(25(19)29)17-5-7-20(42(44)13-17)22(9-15-1-3-16(4-2-15)26(30)31)40-12-18(10-36-40)23-11-34-38-43(23)27(32)33/h1-8,10-14,22,26-27H,9H2. The van der Waals surface area contributed by atoms with Crippen LogP contribution in [-0.2, 0) is 6.42 Å². The molecule has 1 unspecified atom stereocenters. The molecular weight excluding hydrogens is 611 g/mol. The number of halogens is 6. The summed E-state index contributed by atoms with van der Waals surface area (Å²) >= 11 is 6.06. The van der Waals surface area contributed by atoms with Gasteiger partial charge in [-0.05, 0) is 34.2 Å². The zero-order chi connectivity index (χ0) is 31.0. The lowest BCUT2D eigenvalue weighted by Crippen LogP contribution is -2.36. The molecule has 224 valence electrons. The van der Waals surface area contributed by atoms with Gasteiger partial charge in [-0.1, -0.05) is 41.1 Å². The lowest BCUT2D eigenvalue weighted by atomic mass is 9.99. The predicted molar refractivity (Wildman–Crippen MR) is 144 cm³/mol. The SMILES string of the molecule is [O-][n+]1cc(-c2c(-n3cnnn3)ccc(Cl)c2F)ccc1C(Cc1ccc(C(F)F)cc1)n1cc(-c2cnnn2C(F)F)cn1.